The van der Waals surface area contributed by atoms with Crippen LogP contribution in [0.1, 0.15) is 181 Å². The van der Waals surface area contributed by atoms with Gasteiger partial charge in [-0.05, 0) is 40.5 Å². The van der Waals surface area contributed by atoms with Crippen molar-refractivity contribution in [3.8, 4) is 35.2 Å². The molecule has 0 atom stereocenters. The molecule has 44 heavy (non-hydrogen) atoms. The van der Waals surface area contributed by atoms with Gasteiger partial charge in [0.15, 0.2) is 0 Å². The molecule has 0 aromatic heterocycles. The van der Waals surface area contributed by atoms with Crippen LogP contribution < -0.4 is 9.47 Å². The second-order valence-electron chi connectivity index (χ2n) is 13.5. The maximum absolute atomic E-state index is 10.3. The fraction of sp³-hybridized carbons (Fsp3) is 0.750. The van der Waals surface area contributed by atoms with Crippen molar-refractivity contribution in [3.05, 3.63) is 23.3 Å². The van der Waals surface area contributed by atoms with Gasteiger partial charge >= 0.3 is 0 Å². The lowest BCUT2D eigenvalue weighted by molar-refractivity contribution is 0.143. The molecule has 4 nitrogen and oxygen atoms in total. The number of rotatable bonds is 24. The summed E-state index contributed by atoms with van der Waals surface area (Å²) in [6.45, 7) is 12.4. The van der Waals surface area contributed by atoms with E-state index in [4.69, 9.17) is 9.47 Å². The molecule has 0 radical (unpaired) electrons. The highest BCUT2D eigenvalue weighted by molar-refractivity contribution is 5.59. The van der Waals surface area contributed by atoms with E-state index in [0.717, 1.165) is 25.7 Å². The molecule has 4 heteroatoms. The van der Waals surface area contributed by atoms with Gasteiger partial charge in [-0.25, -0.2) is 0 Å². The lowest BCUT2D eigenvalue weighted by Gasteiger charge is -2.15. The summed E-state index contributed by atoms with van der Waals surface area (Å²) in [6.07, 6.45) is 25.4. The number of benzene rings is 1. The topological polar surface area (TPSA) is 58.9 Å². The Balaban J connectivity index is 2.80. The van der Waals surface area contributed by atoms with E-state index in [1.54, 1.807) is 27.7 Å². The molecule has 1 rings (SSSR count). The van der Waals surface area contributed by atoms with Gasteiger partial charge in [-0.1, -0.05) is 153 Å². The first-order valence-electron chi connectivity index (χ1n) is 18.0. The molecule has 0 aliphatic heterocycles. The minimum absolute atomic E-state index is 0.602. The Hall–Kier alpha value is -2.14. The normalized spacial score (nSPS) is 11.5. The number of aliphatic hydroxyl groups is 2. The summed E-state index contributed by atoms with van der Waals surface area (Å²) in [5.41, 5.74) is -0.869. The van der Waals surface area contributed by atoms with Crippen molar-refractivity contribution in [3.63, 3.8) is 0 Å². The standard InChI is InChI=1S/C40H66O4/c1-7-9-11-13-15-17-19-21-23-25-31-43-37-33-36(28-30-40(5,6)42)38(34-35(37)27-29-39(3,4)41)44-32-26-24-22-20-18-16-14-12-10-8-2/h33-34,41-42H,7-26,31-32H2,1-6H3. The van der Waals surface area contributed by atoms with Gasteiger partial charge in [-0.15, -0.1) is 0 Å². The first kappa shape index (κ1) is 39.9. The predicted octanol–water partition coefficient (Wildman–Crippen LogP) is 10.5. The monoisotopic (exact) mass is 610 g/mol. The number of hydrogen-bond acceptors (Lipinski definition) is 4. The Morgan fingerprint density at radius 3 is 1.02 bits per heavy atom. The highest BCUT2D eigenvalue weighted by atomic mass is 16.5. The molecule has 0 fully saturated rings. The molecule has 0 amide bonds. The Morgan fingerprint density at radius 1 is 0.477 bits per heavy atom. The largest absolute Gasteiger partial charge is 0.492 e. The van der Waals surface area contributed by atoms with Crippen molar-refractivity contribution in [1.82, 2.24) is 0 Å². The SMILES string of the molecule is CCCCCCCCCCCCOc1cc(C#CC(C)(C)O)c(OCCCCCCCCCCCC)cc1C#CC(C)(C)O. The Morgan fingerprint density at radius 2 is 0.750 bits per heavy atom. The predicted molar refractivity (Wildman–Crippen MR) is 187 cm³/mol. The molecule has 0 heterocycles. The maximum Gasteiger partial charge on any atom is 0.136 e. The first-order valence-corrected chi connectivity index (χ1v) is 18.0. The van der Waals surface area contributed by atoms with Crippen LogP contribution in [0, 0.1) is 23.7 Å². The van der Waals surface area contributed by atoms with Crippen molar-refractivity contribution >= 4 is 0 Å². The quantitative estimate of drug-likeness (QED) is 0.0903. The van der Waals surface area contributed by atoms with E-state index in [1.807, 2.05) is 12.1 Å². The Kier molecular flexibility index (Phi) is 21.9. The summed E-state index contributed by atoms with van der Waals surface area (Å²) < 4.78 is 12.5. The summed E-state index contributed by atoms with van der Waals surface area (Å²) in [5.74, 6) is 13.4. The molecule has 0 aliphatic carbocycles. The molecule has 0 spiro atoms. The molecular weight excluding hydrogens is 544 g/mol. The minimum atomic E-state index is -1.12. The Bertz CT molecular complexity index is 909. The van der Waals surface area contributed by atoms with E-state index in [1.165, 1.54) is 103 Å². The molecule has 0 aliphatic rings. The molecule has 0 saturated heterocycles. The summed E-state index contributed by atoms with van der Waals surface area (Å²) in [7, 11) is 0. The van der Waals surface area contributed by atoms with E-state index in [2.05, 4.69) is 37.5 Å². The second kappa shape index (κ2) is 24.1. The molecule has 250 valence electrons. The van der Waals surface area contributed by atoms with E-state index in [9.17, 15) is 10.2 Å². The van der Waals surface area contributed by atoms with Crippen molar-refractivity contribution in [2.24, 2.45) is 0 Å². The van der Waals surface area contributed by atoms with Crippen LogP contribution in [0.2, 0.25) is 0 Å². The zero-order valence-electron chi connectivity index (χ0n) is 29.4. The lowest BCUT2D eigenvalue weighted by Crippen LogP contribution is -2.15. The van der Waals surface area contributed by atoms with Crippen LogP contribution in [0.5, 0.6) is 11.5 Å². The van der Waals surface area contributed by atoms with Gasteiger partial charge in [-0.3, -0.25) is 0 Å². The van der Waals surface area contributed by atoms with Crippen LogP contribution in [0.15, 0.2) is 12.1 Å². The number of hydrogen-bond donors (Lipinski definition) is 2. The van der Waals surface area contributed by atoms with Crippen molar-refractivity contribution < 1.29 is 19.7 Å². The molecular formula is C40H66O4. The van der Waals surface area contributed by atoms with E-state index < -0.39 is 11.2 Å². The van der Waals surface area contributed by atoms with Gasteiger partial charge in [0.05, 0.1) is 24.3 Å². The highest BCUT2D eigenvalue weighted by Crippen LogP contribution is 2.29. The van der Waals surface area contributed by atoms with Crippen molar-refractivity contribution in [2.45, 2.75) is 181 Å². The average molecular weight is 611 g/mol. The maximum atomic E-state index is 10.3. The molecule has 2 N–H and O–H groups in total. The fourth-order valence-electron chi connectivity index (χ4n) is 4.98. The summed E-state index contributed by atoms with van der Waals surface area (Å²) >= 11 is 0. The first-order chi connectivity index (χ1) is 21.1. The van der Waals surface area contributed by atoms with Crippen LogP contribution in [0.25, 0.3) is 0 Å². The summed E-state index contributed by atoms with van der Waals surface area (Å²) in [6, 6.07) is 3.77. The van der Waals surface area contributed by atoms with E-state index in [-0.39, 0.29) is 0 Å². The highest BCUT2D eigenvalue weighted by Gasteiger charge is 2.14. The third-order valence-corrected chi connectivity index (χ3v) is 7.60. The summed E-state index contributed by atoms with van der Waals surface area (Å²) in [4.78, 5) is 0. The summed E-state index contributed by atoms with van der Waals surface area (Å²) in [5, 5.41) is 20.5. The van der Waals surface area contributed by atoms with Crippen LogP contribution in [0.4, 0.5) is 0 Å². The van der Waals surface area contributed by atoms with Crippen molar-refractivity contribution in [2.75, 3.05) is 13.2 Å². The fourth-order valence-corrected chi connectivity index (χ4v) is 4.98. The smallest absolute Gasteiger partial charge is 0.136 e. The van der Waals surface area contributed by atoms with Crippen LogP contribution in [-0.2, 0) is 0 Å². The number of ether oxygens (including phenoxy) is 2. The average Bonchev–Trinajstić information content (AvgIpc) is 2.96. The molecule has 1 aromatic carbocycles. The van der Waals surface area contributed by atoms with Crippen LogP contribution in [0.3, 0.4) is 0 Å². The van der Waals surface area contributed by atoms with E-state index >= 15 is 0 Å². The van der Waals surface area contributed by atoms with Gasteiger partial charge in [0.2, 0.25) is 0 Å². The third kappa shape index (κ3) is 22.4. The van der Waals surface area contributed by atoms with Gasteiger partial charge in [0.25, 0.3) is 0 Å². The minimum Gasteiger partial charge on any atom is -0.492 e. The molecule has 0 bridgehead atoms. The van der Waals surface area contributed by atoms with Gasteiger partial charge in [-0.2, -0.15) is 0 Å². The van der Waals surface area contributed by atoms with E-state index in [0.29, 0.717) is 35.8 Å². The molecule has 1 aromatic rings. The number of unbranched alkanes of at least 4 members (excludes halogenated alkanes) is 18. The molecule has 0 unspecified atom stereocenters. The Labute approximate surface area is 272 Å². The van der Waals surface area contributed by atoms with Crippen LogP contribution >= 0.6 is 0 Å². The zero-order valence-corrected chi connectivity index (χ0v) is 29.4. The zero-order chi connectivity index (χ0) is 32.5. The lowest BCUT2D eigenvalue weighted by atomic mass is 10.0. The molecule has 0 saturated carbocycles. The van der Waals surface area contributed by atoms with Gasteiger partial charge in [0.1, 0.15) is 22.7 Å². The second-order valence-corrected chi connectivity index (χ2v) is 13.5. The van der Waals surface area contributed by atoms with Gasteiger partial charge in [0, 0.05) is 12.1 Å². The van der Waals surface area contributed by atoms with Crippen molar-refractivity contribution in [1.29, 1.82) is 0 Å². The van der Waals surface area contributed by atoms with Gasteiger partial charge < -0.3 is 19.7 Å². The van der Waals surface area contributed by atoms with Crippen LogP contribution in [-0.4, -0.2) is 34.6 Å². The third-order valence-electron chi connectivity index (χ3n) is 7.60.